The van der Waals surface area contributed by atoms with Gasteiger partial charge in [0.2, 0.25) is 0 Å². The number of H-pyrrole nitrogens is 1. The standard InChI is InChI=1S/C24H28N4O3S/c1-31-24(30)22(11-13-32-2)28-23(29)20-9-8-18(26-12-10-19-15-25-16-27-19)14-21(20)17-6-4-3-5-7-17/h3-9,14-16,22,26H,10-13H2,1-2H3,(H,25,27)(H,28,29). The molecule has 1 aromatic heterocycles. The molecule has 0 saturated carbocycles. The number of ether oxygens (including phenoxy) is 1. The number of hydrogen-bond acceptors (Lipinski definition) is 6. The number of rotatable bonds is 11. The molecule has 0 aliphatic carbocycles. The molecule has 168 valence electrons. The number of benzene rings is 2. The van der Waals surface area contributed by atoms with Gasteiger partial charge in [0, 0.05) is 36.1 Å². The van der Waals surface area contributed by atoms with Crippen LogP contribution in [-0.4, -0.2) is 53.5 Å². The molecule has 3 aromatic rings. The summed E-state index contributed by atoms with van der Waals surface area (Å²) in [5.41, 5.74) is 4.19. The summed E-state index contributed by atoms with van der Waals surface area (Å²) in [6.07, 6.45) is 6.74. The van der Waals surface area contributed by atoms with E-state index in [1.54, 1.807) is 30.4 Å². The van der Waals surface area contributed by atoms with Crippen molar-refractivity contribution in [1.29, 1.82) is 0 Å². The second-order valence-corrected chi connectivity index (χ2v) is 8.20. The van der Waals surface area contributed by atoms with E-state index in [1.165, 1.54) is 7.11 Å². The molecule has 0 saturated heterocycles. The molecule has 2 aromatic carbocycles. The number of esters is 1. The van der Waals surface area contributed by atoms with Crippen LogP contribution in [0.3, 0.4) is 0 Å². The summed E-state index contributed by atoms with van der Waals surface area (Å²) in [6, 6.07) is 14.7. The van der Waals surface area contributed by atoms with E-state index in [9.17, 15) is 9.59 Å². The lowest BCUT2D eigenvalue weighted by atomic mass is 9.98. The van der Waals surface area contributed by atoms with Crippen molar-refractivity contribution < 1.29 is 14.3 Å². The van der Waals surface area contributed by atoms with E-state index >= 15 is 0 Å². The van der Waals surface area contributed by atoms with Crippen LogP contribution in [0.2, 0.25) is 0 Å². The molecule has 0 aliphatic heterocycles. The smallest absolute Gasteiger partial charge is 0.328 e. The highest BCUT2D eigenvalue weighted by atomic mass is 32.2. The van der Waals surface area contributed by atoms with Gasteiger partial charge in [-0.15, -0.1) is 0 Å². The van der Waals surface area contributed by atoms with Gasteiger partial charge in [0.25, 0.3) is 5.91 Å². The summed E-state index contributed by atoms with van der Waals surface area (Å²) in [7, 11) is 1.33. The van der Waals surface area contributed by atoms with E-state index in [2.05, 4.69) is 20.6 Å². The van der Waals surface area contributed by atoms with Crippen molar-refractivity contribution in [2.75, 3.05) is 31.0 Å². The van der Waals surface area contributed by atoms with Crippen molar-refractivity contribution in [1.82, 2.24) is 15.3 Å². The van der Waals surface area contributed by atoms with Crippen molar-refractivity contribution in [2.45, 2.75) is 18.9 Å². The van der Waals surface area contributed by atoms with Crippen molar-refractivity contribution in [3.05, 3.63) is 72.3 Å². The first-order chi connectivity index (χ1) is 15.6. The summed E-state index contributed by atoms with van der Waals surface area (Å²) in [5.74, 6) is 0.000223. The second-order valence-electron chi connectivity index (χ2n) is 7.21. The number of aromatic nitrogens is 2. The van der Waals surface area contributed by atoms with Gasteiger partial charge in [-0.2, -0.15) is 11.8 Å². The first-order valence-corrected chi connectivity index (χ1v) is 11.8. The van der Waals surface area contributed by atoms with Crippen LogP contribution >= 0.6 is 11.8 Å². The zero-order valence-electron chi connectivity index (χ0n) is 18.3. The van der Waals surface area contributed by atoms with E-state index in [0.29, 0.717) is 12.0 Å². The average molecular weight is 453 g/mol. The van der Waals surface area contributed by atoms with Crippen LogP contribution in [-0.2, 0) is 16.0 Å². The number of methoxy groups -OCH3 is 1. The number of aromatic amines is 1. The SMILES string of the molecule is COC(=O)C(CCSC)NC(=O)c1ccc(NCCc2cnc[nH]2)cc1-c1ccccc1. The molecule has 7 nitrogen and oxygen atoms in total. The van der Waals surface area contributed by atoms with Gasteiger partial charge in [0.15, 0.2) is 0 Å². The van der Waals surface area contributed by atoms with E-state index < -0.39 is 12.0 Å². The molecule has 8 heteroatoms. The van der Waals surface area contributed by atoms with Crippen molar-refractivity contribution in [2.24, 2.45) is 0 Å². The van der Waals surface area contributed by atoms with Crippen molar-refractivity contribution in [3.63, 3.8) is 0 Å². The minimum Gasteiger partial charge on any atom is -0.467 e. The van der Waals surface area contributed by atoms with E-state index in [-0.39, 0.29) is 5.91 Å². The average Bonchev–Trinajstić information content (AvgIpc) is 3.35. The lowest BCUT2D eigenvalue weighted by molar-refractivity contribution is -0.142. The summed E-state index contributed by atoms with van der Waals surface area (Å²) >= 11 is 1.62. The normalized spacial score (nSPS) is 11.6. The van der Waals surface area contributed by atoms with Crippen LogP contribution in [0.25, 0.3) is 11.1 Å². The summed E-state index contributed by atoms with van der Waals surface area (Å²) < 4.78 is 4.88. The highest BCUT2D eigenvalue weighted by Crippen LogP contribution is 2.27. The van der Waals surface area contributed by atoms with Crippen LogP contribution in [0.4, 0.5) is 5.69 Å². The summed E-state index contributed by atoms with van der Waals surface area (Å²) in [4.78, 5) is 32.4. The predicted molar refractivity (Wildman–Crippen MR) is 129 cm³/mol. The summed E-state index contributed by atoms with van der Waals surface area (Å²) in [5, 5.41) is 6.25. The number of amides is 1. The maximum absolute atomic E-state index is 13.2. The number of anilines is 1. The molecule has 1 atom stereocenters. The Balaban J connectivity index is 1.81. The molecule has 3 N–H and O–H groups in total. The number of carbonyl (C=O) groups is 2. The fraction of sp³-hybridized carbons (Fsp3) is 0.292. The molecule has 1 amide bonds. The molecule has 0 fully saturated rings. The van der Waals surface area contributed by atoms with Gasteiger partial charge in [0.05, 0.1) is 13.4 Å². The van der Waals surface area contributed by atoms with Gasteiger partial charge in [-0.25, -0.2) is 9.78 Å². The number of carbonyl (C=O) groups excluding carboxylic acids is 2. The fourth-order valence-electron chi connectivity index (χ4n) is 3.33. The molecule has 3 rings (SSSR count). The third-order valence-electron chi connectivity index (χ3n) is 5.03. The quantitative estimate of drug-likeness (QED) is 0.384. The molecule has 0 aliphatic rings. The summed E-state index contributed by atoms with van der Waals surface area (Å²) in [6.45, 7) is 0.723. The topological polar surface area (TPSA) is 96.1 Å². The number of nitrogens with zero attached hydrogens (tertiary/aromatic N) is 1. The number of hydrogen-bond donors (Lipinski definition) is 3. The Morgan fingerprint density at radius 3 is 2.69 bits per heavy atom. The Bertz CT molecular complexity index is 1010. The van der Waals surface area contributed by atoms with Gasteiger partial charge in [-0.1, -0.05) is 30.3 Å². The Morgan fingerprint density at radius 2 is 2.00 bits per heavy atom. The molecule has 0 bridgehead atoms. The van der Waals surface area contributed by atoms with E-state index in [0.717, 1.165) is 41.2 Å². The zero-order chi connectivity index (χ0) is 22.8. The van der Waals surface area contributed by atoms with Gasteiger partial charge in [-0.3, -0.25) is 4.79 Å². The Morgan fingerprint density at radius 1 is 1.19 bits per heavy atom. The molecular weight excluding hydrogens is 424 g/mol. The minimum atomic E-state index is -0.684. The van der Waals surface area contributed by atoms with Crippen LogP contribution in [0, 0.1) is 0 Å². The molecule has 32 heavy (non-hydrogen) atoms. The molecular formula is C24H28N4O3S. The fourth-order valence-corrected chi connectivity index (χ4v) is 3.81. The number of thioether (sulfide) groups is 1. The Hall–Kier alpha value is -3.26. The van der Waals surface area contributed by atoms with E-state index in [4.69, 9.17) is 4.74 Å². The third kappa shape index (κ3) is 6.37. The monoisotopic (exact) mass is 452 g/mol. The maximum Gasteiger partial charge on any atom is 0.328 e. The lowest BCUT2D eigenvalue weighted by Crippen LogP contribution is -2.42. The molecule has 0 radical (unpaired) electrons. The predicted octanol–water partition coefficient (Wildman–Crippen LogP) is 3.76. The van der Waals surface area contributed by atoms with Gasteiger partial charge in [0.1, 0.15) is 6.04 Å². The van der Waals surface area contributed by atoms with Crippen LogP contribution in [0.15, 0.2) is 61.1 Å². The molecule has 0 spiro atoms. The minimum absolute atomic E-state index is 0.302. The van der Waals surface area contributed by atoms with Gasteiger partial charge in [-0.05, 0) is 47.8 Å². The Labute approximate surface area is 192 Å². The largest absolute Gasteiger partial charge is 0.467 e. The van der Waals surface area contributed by atoms with Gasteiger partial charge < -0.3 is 20.4 Å². The van der Waals surface area contributed by atoms with Gasteiger partial charge >= 0.3 is 5.97 Å². The highest BCUT2D eigenvalue weighted by Gasteiger charge is 2.23. The third-order valence-corrected chi connectivity index (χ3v) is 5.67. The second kappa shape index (κ2) is 12.0. The van der Waals surface area contributed by atoms with Crippen LogP contribution < -0.4 is 10.6 Å². The van der Waals surface area contributed by atoms with E-state index in [1.807, 2.05) is 48.7 Å². The van der Waals surface area contributed by atoms with Crippen LogP contribution in [0.5, 0.6) is 0 Å². The highest BCUT2D eigenvalue weighted by molar-refractivity contribution is 7.98. The molecule has 1 unspecified atom stereocenters. The lowest BCUT2D eigenvalue weighted by Gasteiger charge is -2.18. The maximum atomic E-state index is 13.2. The Kier molecular flexibility index (Phi) is 8.74. The van der Waals surface area contributed by atoms with Crippen LogP contribution in [0.1, 0.15) is 22.5 Å². The number of nitrogens with one attached hydrogen (secondary N) is 3. The first-order valence-electron chi connectivity index (χ1n) is 10.4. The number of imidazole rings is 1. The first kappa shape index (κ1) is 23.4. The molecule has 1 heterocycles. The van der Waals surface area contributed by atoms with Crippen molar-refractivity contribution >= 4 is 29.3 Å². The van der Waals surface area contributed by atoms with Crippen molar-refractivity contribution in [3.8, 4) is 11.1 Å². The zero-order valence-corrected chi connectivity index (χ0v) is 19.1.